The van der Waals surface area contributed by atoms with Crippen LogP contribution in [0.4, 0.5) is 0 Å². The van der Waals surface area contributed by atoms with E-state index in [0.29, 0.717) is 11.3 Å². The Morgan fingerprint density at radius 2 is 1.22 bits per heavy atom. The summed E-state index contributed by atoms with van der Waals surface area (Å²) in [7, 11) is -3.66. The predicted molar refractivity (Wildman–Crippen MR) is 129 cm³/mol. The molecule has 0 aromatic heterocycles. The van der Waals surface area contributed by atoms with Crippen molar-refractivity contribution in [2.24, 2.45) is 5.92 Å². The molecule has 3 atom stereocenters. The van der Waals surface area contributed by atoms with E-state index in [1.807, 2.05) is 54.6 Å². The minimum atomic E-state index is -3.66. The van der Waals surface area contributed by atoms with Crippen LogP contribution in [0.5, 0.6) is 0 Å². The third kappa shape index (κ3) is 3.28. The van der Waals surface area contributed by atoms with Crippen LogP contribution in [0.1, 0.15) is 28.2 Å². The lowest BCUT2D eigenvalue weighted by Gasteiger charge is -2.21. The van der Waals surface area contributed by atoms with Gasteiger partial charge in [0, 0.05) is 5.92 Å². The highest BCUT2D eigenvalue weighted by Gasteiger charge is 2.73. The molecule has 5 rings (SSSR count). The molecule has 0 saturated heterocycles. The molecular weight excluding hydrogens is 412 g/mol. The first kappa shape index (κ1) is 20.7. The van der Waals surface area contributed by atoms with Gasteiger partial charge in [-0.1, -0.05) is 109 Å². The van der Waals surface area contributed by atoms with Crippen molar-refractivity contribution in [3.63, 3.8) is 0 Å². The minimum Gasteiger partial charge on any atom is -0.223 e. The highest BCUT2D eigenvalue weighted by atomic mass is 32.2. The second kappa shape index (κ2) is 8.07. The van der Waals surface area contributed by atoms with E-state index in [-0.39, 0.29) is 11.8 Å². The van der Waals surface area contributed by atoms with Crippen molar-refractivity contribution < 1.29 is 8.42 Å². The highest BCUT2D eigenvalue weighted by molar-refractivity contribution is 7.92. The van der Waals surface area contributed by atoms with Gasteiger partial charge in [-0.3, -0.25) is 0 Å². The van der Waals surface area contributed by atoms with Gasteiger partial charge in [0.2, 0.25) is 0 Å². The van der Waals surface area contributed by atoms with Crippen LogP contribution in [-0.2, 0) is 21.0 Å². The summed E-state index contributed by atoms with van der Waals surface area (Å²) >= 11 is 0. The molecule has 0 amide bonds. The predicted octanol–water partition coefficient (Wildman–Crippen LogP) is 6.32. The highest BCUT2D eigenvalue weighted by Crippen LogP contribution is 2.70. The Hall–Kier alpha value is -3.17. The van der Waals surface area contributed by atoms with Crippen LogP contribution in [0.15, 0.2) is 120 Å². The van der Waals surface area contributed by atoms with Gasteiger partial charge in [-0.15, -0.1) is 0 Å². The largest absolute Gasteiger partial charge is 0.223 e. The summed E-state index contributed by atoms with van der Waals surface area (Å²) in [5.41, 5.74) is 4.32. The fraction of sp³-hybridized carbons (Fsp3) is 0.172. The molecule has 1 fully saturated rings. The smallest absolute Gasteiger partial charge is 0.189 e. The maximum absolute atomic E-state index is 14.4. The molecule has 4 aromatic carbocycles. The maximum atomic E-state index is 14.4. The van der Waals surface area contributed by atoms with Crippen LogP contribution < -0.4 is 0 Å². The van der Waals surface area contributed by atoms with Gasteiger partial charge < -0.3 is 0 Å². The average Bonchev–Trinajstić information content (AvgIpc) is 3.52. The summed E-state index contributed by atoms with van der Waals surface area (Å²) in [6, 6.07) is 37.3. The fourth-order valence-corrected chi connectivity index (χ4v) is 7.77. The Morgan fingerprint density at radius 1 is 0.688 bits per heavy atom. The molecule has 1 aliphatic rings. The van der Waals surface area contributed by atoms with E-state index in [4.69, 9.17) is 0 Å². The van der Waals surface area contributed by atoms with Crippen molar-refractivity contribution in [3.8, 4) is 0 Å². The van der Waals surface area contributed by atoms with E-state index in [1.54, 1.807) is 24.3 Å². The van der Waals surface area contributed by atoms with Gasteiger partial charge in [0.15, 0.2) is 9.84 Å². The molecule has 4 aromatic rings. The minimum absolute atomic E-state index is 0.0554. The molecule has 0 radical (unpaired) electrons. The zero-order valence-electron chi connectivity index (χ0n) is 18.1. The molecule has 0 aliphatic heterocycles. The SMILES string of the molecule is Cc1ccc(C[C@@H]2[C@H](c3ccccc3)[C@@]2(c2ccccc2)S(=O)(=O)c2ccccc2)cc1. The second-order valence-electron chi connectivity index (χ2n) is 8.66. The van der Waals surface area contributed by atoms with E-state index in [2.05, 4.69) is 43.3 Å². The van der Waals surface area contributed by atoms with Gasteiger partial charge in [0.05, 0.1) is 4.90 Å². The van der Waals surface area contributed by atoms with Crippen LogP contribution in [0, 0.1) is 12.8 Å². The van der Waals surface area contributed by atoms with Crippen molar-refractivity contribution in [3.05, 3.63) is 138 Å². The Labute approximate surface area is 190 Å². The number of hydrogen-bond acceptors (Lipinski definition) is 2. The van der Waals surface area contributed by atoms with E-state index in [0.717, 1.165) is 11.1 Å². The van der Waals surface area contributed by atoms with Crippen LogP contribution in [0.2, 0.25) is 0 Å². The first-order valence-corrected chi connectivity index (χ1v) is 12.5. The lowest BCUT2D eigenvalue weighted by Crippen LogP contribution is -2.25. The standard InChI is InChI=1S/C29H26O2S/c1-22-17-19-23(20-18-22)21-27-28(24-11-5-2-6-12-24)29(27,25-13-7-3-8-14-25)32(30,31)26-15-9-4-10-16-26/h2-20,27-28H,21H2,1H3/t27-,28+,29+/m1/s1. The molecule has 0 bridgehead atoms. The summed E-state index contributed by atoms with van der Waals surface area (Å²) < 4.78 is 27.7. The van der Waals surface area contributed by atoms with Crippen molar-refractivity contribution in [1.82, 2.24) is 0 Å². The zero-order valence-corrected chi connectivity index (χ0v) is 18.9. The molecule has 32 heavy (non-hydrogen) atoms. The third-order valence-corrected chi connectivity index (χ3v) is 9.34. The molecule has 0 spiro atoms. The summed E-state index contributed by atoms with van der Waals surface area (Å²) in [6.07, 6.45) is 0.709. The number of sulfone groups is 1. The van der Waals surface area contributed by atoms with Gasteiger partial charge in [-0.25, -0.2) is 8.42 Å². The summed E-state index contributed by atoms with van der Waals surface area (Å²) in [5, 5.41) is 0. The Balaban J connectivity index is 1.72. The molecule has 0 unspecified atom stereocenters. The van der Waals surface area contributed by atoms with Crippen LogP contribution in [0.3, 0.4) is 0 Å². The fourth-order valence-electron chi connectivity index (χ4n) is 5.23. The summed E-state index contributed by atoms with van der Waals surface area (Å²) in [6.45, 7) is 2.07. The molecule has 3 heteroatoms. The van der Waals surface area contributed by atoms with Crippen molar-refractivity contribution in [2.75, 3.05) is 0 Å². The molecule has 160 valence electrons. The summed E-state index contributed by atoms with van der Waals surface area (Å²) in [5.74, 6) is -0.169. The first-order valence-electron chi connectivity index (χ1n) is 11.0. The van der Waals surface area contributed by atoms with Crippen molar-refractivity contribution >= 4 is 9.84 Å². The number of hydrogen-bond donors (Lipinski definition) is 0. The van der Waals surface area contributed by atoms with Crippen LogP contribution in [-0.4, -0.2) is 8.42 Å². The lowest BCUT2D eigenvalue weighted by atomic mass is 10.0. The lowest BCUT2D eigenvalue weighted by molar-refractivity contribution is 0.569. The number of aryl methyl sites for hydroxylation is 1. The van der Waals surface area contributed by atoms with Crippen molar-refractivity contribution in [2.45, 2.75) is 28.9 Å². The van der Waals surface area contributed by atoms with Crippen molar-refractivity contribution in [1.29, 1.82) is 0 Å². The molecular formula is C29H26O2S. The zero-order chi connectivity index (χ0) is 22.2. The van der Waals surface area contributed by atoms with Gasteiger partial charge in [0.25, 0.3) is 0 Å². The van der Waals surface area contributed by atoms with Crippen LogP contribution >= 0.6 is 0 Å². The van der Waals surface area contributed by atoms with E-state index < -0.39 is 14.6 Å². The van der Waals surface area contributed by atoms with E-state index >= 15 is 0 Å². The molecule has 0 N–H and O–H groups in total. The second-order valence-corrected chi connectivity index (χ2v) is 10.8. The Morgan fingerprint density at radius 3 is 1.81 bits per heavy atom. The molecule has 1 aliphatic carbocycles. The van der Waals surface area contributed by atoms with E-state index in [1.165, 1.54) is 11.1 Å². The Bertz CT molecular complexity index is 1300. The number of benzene rings is 4. The average molecular weight is 439 g/mol. The number of rotatable bonds is 6. The van der Waals surface area contributed by atoms with Gasteiger partial charge in [-0.05, 0) is 48.1 Å². The molecule has 2 nitrogen and oxygen atoms in total. The quantitative estimate of drug-likeness (QED) is 0.353. The first-order chi connectivity index (χ1) is 15.5. The molecule has 0 heterocycles. The molecule has 1 saturated carbocycles. The van der Waals surface area contributed by atoms with Crippen LogP contribution in [0.25, 0.3) is 0 Å². The monoisotopic (exact) mass is 438 g/mol. The third-order valence-electron chi connectivity index (χ3n) is 6.76. The van der Waals surface area contributed by atoms with Gasteiger partial charge in [-0.2, -0.15) is 0 Å². The van der Waals surface area contributed by atoms with Gasteiger partial charge >= 0.3 is 0 Å². The topological polar surface area (TPSA) is 34.1 Å². The normalized spacial score (nSPS) is 22.4. The Kier molecular flexibility index (Phi) is 5.22. The summed E-state index contributed by atoms with van der Waals surface area (Å²) in [4.78, 5) is 0.385. The van der Waals surface area contributed by atoms with E-state index in [9.17, 15) is 8.42 Å². The maximum Gasteiger partial charge on any atom is 0.189 e. The van der Waals surface area contributed by atoms with Gasteiger partial charge in [0.1, 0.15) is 4.75 Å².